The Hall–Kier alpha value is -3.03. The van der Waals surface area contributed by atoms with Crippen molar-refractivity contribution >= 4 is 29.0 Å². The summed E-state index contributed by atoms with van der Waals surface area (Å²) in [5, 5.41) is 0. The first-order chi connectivity index (χ1) is 12.2. The van der Waals surface area contributed by atoms with E-state index in [1.807, 2.05) is 30.3 Å². The number of nitrogens with two attached hydrogens (primary N) is 1. The van der Waals surface area contributed by atoms with Gasteiger partial charge in [-0.15, -0.1) is 0 Å². The van der Waals surface area contributed by atoms with Crippen LogP contribution >= 0.6 is 0 Å². The molecule has 3 rings (SSSR count). The zero-order valence-corrected chi connectivity index (χ0v) is 14.1. The predicted octanol–water partition coefficient (Wildman–Crippen LogP) is 1.89. The fourth-order valence-corrected chi connectivity index (χ4v) is 2.88. The molecule has 1 aliphatic heterocycles. The van der Waals surface area contributed by atoms with E-state index in [9.17, 15) is 4.79 Å². The lowest BCUT2D eigenvalue weighted by molar-refractivity contribution is -0.146. The van der Waals surface area contributed by atoms with Crippen molar-refractivity contribution in [3.05, 3.63) is 36.7 Å². The van der Waals surface area contributed by atoms with E-state index < -0.39 is 0 Å². The normalized spacial score (nSPS) is 14.8. The lowest BCUT2D eigenvalue weighted by Crippen LogP contribution is -2.37. The summed E-state index contributed by atoms with van der Waals surface area (Å²) in [6.45, 7) is 1.40. The van der Waals surface area contributed by atoms with Crippen molar-refractivity contribution in [3.63, 3.8) is 0 Å². The lowest BCUT2D eigenvalue weighted by Gasteiger charge is -2.32. The summed E-state index contributed by atoms with van der Waals surface area (Å²) < 4.78 is 4.82. The first kappa shape index (κ1) is 16.8. The summed E-state index contributed by atoms with van der Waals surface area (Å²) in [7, 11) is 1.43. The number of carbonyl (C=O) groups is 1. The van der Waals surface area contributed by atoms with E-state index in [1.165, 1.54) is 13.4 Å². The molecule has 4 N–H and O–H groups in total. The number of aromatic nitrogens is 2. The SMILES string of the molecule is COC(=O)C1CCN(c2ncnc(NNc3ccccc3)c2N)CC1. The molecule has 0 radical (unpaired) electrons. The number of hydrogen-bond acceptors (Lipinski definition) is 8. The van der Waals surface area contributed by atoms with Gasteiger partial charge in [0.2, 0.25) is 0 Å². The van der Waals surface area contributed by atoms with E-state index >= 15 is 0 Å². The summed E-state index contributed by atoms with van der Waals surface area (Å²) in [4.78, 5) is 22.2. The highest BCUT2D eigenvalue weighted by atomic mass is 16.5. The van der Waals surface area contributed by atoms with Crippen molar-refractivity contribution < 1.29 is 9.53 Å². The zero-order valence-electron chi connectivity index (χ0n) is 14.1. The third kappa shape index (κ3) is 3.90. The summed E-state index contributed by atoms with van der Waals surface area (Å²) in [5.74, 6) is 0.992. The van der Waals surface area contributed by atoms with E-state index in [4.69, 9.17) is 10.5 Å². The van der Waals surface area contributed by atoms with Gasteiger partial charge in [0.15, 0.2) is 11.6 Å². The van der Waals surface area contributed by atoms with Crippen LogP contribution in [0.1, 0.15) is 12.8 Å². The van der Waals surface area contributed by atoms with Crippen LogP contribution in [0.5, 0.6) is 0 Å². The van der Waals surface area contributed by atoms with Gasteiger partial charge in [0.05, 0.1) is 18.7 Å². The average molecular weight is 342 g/mol. The van der Waals surface area contributed by atoms with Gasteiger partial charge in [0, 0.05) is 13.1 Å². The highest BCUT2D eigenvalue weighted by Gasteiger charge is 2.27. The number of piperidine rings is 1. The molecule has 0 saturated carbocycles. The molecule has 1 fully saturated rings. The van der Waals surface area contributed by atoms with Crippen LogP contribution < -0.4 is 21.5 Å². The molecular formula is C17H22N6O2. The van der Waals surface area contributed by atoms with Crippen molar-refractivity contribution in [1.82, 2.24) is 9.97 Å². The molecule has 2 aromatic rings. The van der Waals surface area contributed by atoms with Gasteiger partial charge in [0.25, 0.3) is 0 Å². The molecule has 1 aromatic carbocycles. The monoisotopic (exact) mass is 342 g/mol. The van der Waals surface area contributed by atoms with Gasteiger partial charge in [-0.25, -0.2) is 9.97 Å². The predicted molar refractivity (Wildman–Crippen MR) is 97.1 cm³/mol. The van der Waals surface area contributed by atoms with Crippen LogP contribution in [0.4, 0.5) is 23.0 Å². The second kappa shape index (κ2) is 7.69. The highest BCUT2D eigenvalue weighted by molar-refractivity contribution is 5.76. The maximum absolute atomic E-state index is 11.6. The van der Waals surface area contributed by atoms with Crippen LogP contribution in [-0.4, -0.2) is 36.1 Å². The van der Waals surface area contributed by atoms with Crippen LogP contribution in [-0.2, 0) is 9.53 Å². The molecule has 25 heavy (non-hydrogen) atoms. The summed E-state index contributed by atoms with van der Waals surface area (Å²) in [6, 6.07) is 9.68. The van der Waals surface area contributed by atoms with Crippen LogP contribution in [0.3, 0.4) is 0 Å². The van der Waals surface area contributed by atoms with Gasteiger partial charge in [-0.3, -0.25) is 15.6 Å². The number of ether oxygens (including phenoxy) is 1. The first-order valence-corrected chi connectivity index (χ1v) is 8.19. The summed E-state index contributed by atoms with van der Waals surface area (Å²) in [6.07, 6.45) is 2.93. The Morgan fingerprint density at radius 1 is 1.20 bits per heavy atom. The van der Waals surface area contributed by atoms with Gasteiger partial charge in [-0.2, -0.15) is 0 Å². The smallest absolute Gasteiger partial charge is 0.308 e. The first-order valence-electron chi connectivity index (χ1n) is 8.19. The molecule has 1 aliphatic rings. The molecule has 0 bridgehead atoms. The number of hydrazine groups is 1. The van der Waals surface area contributed by atoms with Crippen LogP contribution in [0.2, 0.25) is 0 Å². The lowest BCUT2D eigenvalue weighted by atomic mass is 9.97. The molecule has 0 unspecified atom stereocenters. The Morgan fingerprint density at radius 3 is 2.60 bits per heavy atom. The molecule has 1 saturated heterocycles. The Morgan fingerprint density at radius 2 is 1.92 bits per heavy atom. The number of hydrogen-bond donors (Lipinski definition) is 3. The number of nitrogen functional groups attached to an aromatic ring is 1. The Bertz CT molecular complexity index is 716. The Balaban J connectivity index is 1.66. The van der Waals surface area contributed by atoms with E-state index in [2.05, 4.69) is 25.7 Å². The number of anilines is 4. The van der Waals surface area contributed by atoms with Crippen LogP contribution in [0, 0.1) is 5.92 Å². The fraction of sp³-hybridized carbons (Fsp3) is 0.353. The van der Waals surface area contributed by atoms with Crippen LogP contribution in [0.15, 0.2) is 36.7 Å². The molecule has 2 heterocycles. The van der Waals surface area contributed by atoms with Crippen molar-refractivity contribution in [2.24, 2.45) is 5.92 Å². The third-order valence-corrected chi connectivity index (χ3v) is 4.29. The molecule has 0 aliphatic carbocycles. The largest absolute Gasteiger partial charge is 0.469 e. The minimum absolute atomic E-state index is 0.0540. The van der Waals surface area contributed by atoms with Gasteiger partial charge in [-0.1, -0.05) is 18.2 Å². The average Bonchev–Trinajstić information content (AvgIpc) is 2.67. The van der Waals surface area contributed by atoms with E-state index in [-0.39, 0.29) is 11.9 Å². The number of nitrogens with zero attached hydrogens (tertiary/aromatic N) is 3. The van der Waals surface area contributed by atoms with Crippen molar-refractivity contribution in [2.75, 3.05) is 41.7 Å². The number of rotatable bonds is 5. The number of nitrogens with one attached hydrogen (secondary N) is 2. The van der Waals surface area contributed by atoms with Gasteiger partial charge in [-0.05, 0) is 25.0 Å². The summed E-state index contributed by atoms with van der Waals surface area (Å²) in [5.41, 5.74) is 13.7. The molecule has 0 atom stereocenters. The van der Waals surface area contributed by atoms with E-state index in [0.717, 1.165) is 18.5 Å². The quantitative estimate of drug-likeness (QED) is 0.559. The molecule has 132 valence electrons. The van der Waals surface area contributed by atoms with Crippen molar-refractivity contribution in [2.45, 2.75) is 12.8 Å². The van der Waals surface area contributed by atoms with Gasteiger partial charge >= 0.3 is 5.97 Å². The number of esters is 1. The third-order valence-electron chi connectivity index (χ3n) is 4.29. The zero-order chi connectivity index (χ0) is 17.6. The molecule has 0 spiro atoms. The number of methoxy groups -OCH3 is 1. The molecule has 8 heteroatoms. The summed E-state index contributed by atoms with van der Waals surface area (Å²) >= 11 is 0. The van der Waals surface area contributed by atoms with E-state index in [1.54, 1.807) is 0 Å². The minimum Gasteiger partial charge on any atom is -0.469 e. The molecular weight excluding hydrogens is 320 g/mol. The number of benzene rings is 1. The second-order valence-corrected chi connectivity index (χ2v) is 5.86. The molecule has 8 nitrogen and oxygen atoms in total. The minimum atomic E-state index is -0.148. The maximum Gasteiger partial charge on any atom is 0.308 e. The maximum atomic E-state index is 11.6. The van der Waals surface area contributed by atoms with Gasteiger partial charge < -0.3 is 15.4 Å². The topological polar surface area (TPSA) is 105 Å². The standard InChI is InChI=1S/C17H22N6O2/c1-25-17(24)12-7-9-23(10-8-12)16-14(18)15(19-11-20-16)22-21-13-5-3-2-4-6-13/h2-6,11-12,21H,7-10,18H2,1H3,(H,19,20,22). The fourth-order valence-electron chi connectivity index (χ4n) is 2.88. The molecule has 0 amide bonds. The van der Waals surface area contributed by atoms with Crippen molar-refractivity contribution in [3.8, 4) is 0 Å². The Kier molecular flexibility index (Phi) is 5.17. The van der Waals surface area contributed by atoms with E-state index in [0.29, 0.717) is 30.4 Å². The second-order valence-electron chi connectivity index (χ2n) is 5.86. The number of carbonyl (C=O) groups excluding carboxylic acids is 1. The van der Waals surface area contributed by atoms with Crippen molar-refractivity contribution in [1.29, 1.82) is 0 Å². The molecule has 1 aromatic heterocycles. The van der Waals surface area contributed by atoms with Crippen LogP contribution in [0.25, 0.3) is 0 Å². The number of para-hydroxylation sites is 1. The van der Waals surface area contributed by atoms with Gasteiger partial charge in [0.1, 0.15) is 12.0 Å². The highest BCUT2D eigenvalue weighted by Crippen LogP contribution is 2.30. The Labute approximate surface area is 146 Å².